The van der Waals surface area contributed by atoms with Crippen LogP contribution in [-0.2, 0) is 4.79 Å². The average Bonchev–Trinajstić information content (AvgIpc) is 2.39. The summed E-state index contributed by atoms with van der Waals surface area (Å²) >= 11 is 0. The quantitative estimate of drug-likeness (QED) is 0.860. The van der Waals surface area contributed by atoms with Gasteiger partial charge in [0.15, 0.2) is 6.10 Å². The molecule has 0 saturated heterocycles. The molecule has 0 radical (unpaired) electrons. The molecule has 1 aromatic carbocycles. The number of hydrogen-bond acceptors (Lipinski definition) is 3. The summed E-state index contributed by atoms with van der Waals surface area (Å²) in [6, 6.07) is 7.31. The molecular formula is C15H23NO3. The van der Waals surface area contributed by atoms with Gasteiger partial charge in [-0.15, -0.1) is 0 Å². The molecule has 0 aromatic heterocycles. The number of hydrogen-bond donors (Lipinski definition) is 1. The van der Waals surface area contributed by atoms with Crippen LogP contribution in [0.15, 0.2) is 24.3 Å². The predicted molar refractivity (Wildman–Crippen MR) is 75.5 cm³/mol. The maximum Gasteiger partial charge on any atom is 0.260 e. The first-order valence-electron chi connectivity index (χ1n) is 6.55. The molecule has 0 aliphatic rings. The van der Waals surface area contributed by atoms with E-state index in [4.69, 9.17) is 9.47 Å². The van der Waals surface area contributed by atoms with Crippen molar-refractivity contribution in [1.82, 2.24) is 5.32 Å². The van der Waals surface area contributed by atoms with Gasteiger partial charge in [0.25, 0.3) is 5.91 Å². The molecule has 0 heterocycles. The van der Waals surface area contributed by atoms with Crippen LogP contribution in [0.3, 0.4) is 0 Å². The highest BCUT2D eigenvalue weighted by molar-refractivity contribution is 5.81. The molecule has 0 saturated carbocycles. The third-order valence-corrected chi connectivity index (χ3v) is 3.11. The number of amides is 1. The molecule has 1 N–H and O–H groups in total. The van der Waals surface area contributed by atoms with Gasteiger partial charge in [-0.2, -0.15) is 0 Å². The van der Waals surface area contributed by atoms with E-state index in [0.717, 1.165) is 5.75 Å². The van der Waals surface area contributed by atoms with Gasteiger partial charge in [-0.1, -0.05) is 13.8 Å². The Balaban J connectivity index is 2.53. The van der Waals surface area contributed by atoms with E-state index in [-0.39, 0.29) is 11.9 Å². The third kappa shape index (κ3) is 4.81. The lowest BCUT2D eigenvalue weighted by Gasteiger charge is -2.21. The Labute approximate surface area is 115 Å². The second-order valence-electron chi connectivity index (χ2n) is 4.98. The van der Waals surface area contributed by atoms with Gasteiger partial charge in [-0.05, 0) is 44.0 Å². The Kier molecular flexibility index (Phi) is 5.67. The Hall–Kier alpha value is -1.71. The molecule has 0 bridgehead atoms. The van der Waals surface area contributed by atoms with Crippen LogP contribution in [0.4, 0.5) is 0 Å². The molecule has 1 aromatic rings. The number of carbonyl (C=O) groups is 1. The van der Waals surface area contributed by atoms with E-state index >= 15 is 0 Å². The lowest BCUT2D eigenvalue weighted by molar-refractivity contribution is -0.128. The number of benzene rings is 1. The van der Waals surface area contributed by atoms with E-state index in [0.29, 0.717) is 11.7 Å². The van der Waals surface area contributed by atoms with Crippen LogP contribution in [0.2, 0.25) is 0 Å². The van der Waals surface area contributed by atoms with E-state index in [2.05, 4.69) is 19.2 Å². The van der Waals surface area contributed by atoms with Crippen LogP contribution in [0.5, 0.6) is 11.5 Å². The Morgan fingerprint density at radius 3 is 2.05 bits per heavy atom. The van der Waals surface area contributed by atoms with Crippen molar-refractivity contribution in [2.75, 3.05) is 7.11 Å². The van der Waals surface area contributed by atoms with Gasteiger partial charge in [0.05, 0.1) is 7.11 Å². The van der Waals surface area contributed by atoms with Crippen LogP contribution in [0.1, 0.15) is 27.7 Å². The number of ether oxygens (including phenoxy) is 2. The first kappa shape index (κ1) is 15.3. The molecule has 4 nitrogen and oxygen atoms in total. The fourth-order valence-corrected chi connectivity index (χ4v) is 1.42. The number of methoxy groups -OCH3 is 1. The summed E-state index contributed by atoms with van der Waals surface area (Å²) in [5.74, 6) is 1.72. The summed E-state index contributed by atoms with van der Waals surface area (Å²) in [5, 5.41) is 2.93. The predicted octanol–water partition coefficient (Wildman–Crippen LogP) is 2.62. The largest absolute Gasteiger partial charge is 0.497 e. The number of nitrogens with one attached hydrogen (secondary N) is 1. The highest BCUT2D eigenvalue weighted by Gasteiger charge is 2.18. The van der Waals surface area contributed by atoms with E-state index in [1.165, 1.54) is 0 Å². The summed E-state index contributed by atoms with van der Waals surface area (Å²) in [5.41, 5.74) is 0. The molecule has 0 unspecified atom stereocenters. The molecule has 0 aliphatic carbocycles. The Morgan fingerprint density at radius 2 is 1.58 bits per heavy atom. The van der Waals surface area contributed by atoms with E-state index in [1.807, 2.05) is 6.92 Å². The van der Waals surface area contributed by atoms with Crippen LogP contribution in [0.25, 0.3) is 0 Å². The third-order valence-electron chi connectivity index (χ3n) is 3.11. The standard InChI is InChI=1S/C15H23NO3/c1-10(2)11(3)16-15(17)12(4)19-14-8-6-13(18-5)7-9-14/h6-12H,1-5H3,(H,16,17)/t11-,12-/m0/s1. The van der Waals surface area contributed by atoms with Gasteiger partial charge in [-0.3, -0.25) is 4.79 Å². The minimum atomic E-state index is -0.519. The topological polar surface area (TPSA) is 47.6 Å². The van der Waals surface area contributed by atoms with Gasteiger partial charge in [-0.25, -0.2) is 0 Å². The molecule has 1 rings (SSSR count). The lowest BCUT2D eigenvalue weighted by atomic mass is 10.1. The zero-order valence-electron chi connectivity index (χ0n) is 12.3. The maximum atomic E-state index is 11.9. The van der Waals surface area contributed by atoms with Gasteiger partial charge in [0, 0.05) is 6.04 Å². The number of carbonyl (C=O) groups excluding carboxylic acids is 1. The van der Waals surface area contributed by atoms with E-state index < -0.39 is 6.10 Å². The van der Waals surface area contributed by atoms with Crippen molar-refractivity contribution in [3.8, 4) is 11.5 Å². The average molecular weight is 265 g/mol. The van der Waals surface area contributed by atoms with Crippen molar-refractivity contribution >= 4 is 5.91 Å². The van der Waals surface area contributed by atoms with E-state index in [1.54, 1.807) is 38.3 Å². The summed E-state index contributed by atoms with van der Waals surface area (Å²) in [4.78, 5) is 11.9. The molecule has 4 heteroatoms. The first-order chi connectivity index (χ1) is 8.93. The zero-order valence-corrected chi connectivity index (χ0v) is 12.3. The second kappa shape index (κ2) is 7.02. The number of rotatable bonds is 6. The molecule has 0 aliphatic heterocycles. The van der Waals surface area contributed by atoms with Gasteiger partial charge in [0.2, 0.25) is 0 Å². The molecule has 106 valence electrons. The van der Waals surface area contributed by atoms with E-state index in [9.17, 15) is 4.79 Å². The normalized spacial score (nSPS) is 13.8. The van der Waals surface area contributed by atoms with Crippen LogP contribution < -0.4 is 14.8 Å². The van der Waals surface area contributed by atoms with Crippen LogP contribution in [-0.4, -0.2) is 25.2 Å². The van der Waals surface area contributed by atoms with Crippen molar-refractivity contribution in [3.63, 3.8) is 0 Å². The highest BCUT2D eigenvalue weighted by atomic mass is 16.5. The highest BCUT2D eigenvalue weighted by Crippen LogP contribution is 2.18. The van der Waals surface area contributed by atoms with Crippen LogP contribution in [0, 0.1) is 5.92 Å². The summed E-state index contributed by atoms with van der Waals surface area (Å²) in [7, 11) is 1.61. The molecular weight excluding hydrogens is 242 g/mol. The minimum absolute atomic E-state index is 0.1000. The zero-order chi connectivity index (χ0) is 14.4. The minimum Gasteiger partial charge on any atom is -0.497 e. The van der Waals surface area contributed by atoms with Gasteiger partial charge in [0.1, 0.15) is 11.5 Å². The maximum absolute atomic E-state index is 11.9. The fraction of sp³-hybridized carbons (Fsp3) is 0.533. The van der Waals surface area contributed by atoms with Crippen molar-refractivity contribution in [2.24, 2.45) is 5.92 Å². The van der Waals surface area contributed by atoms with Crippen LogP contribution >= 0.6 is 0 Å². The lowest BCUT2D eigenvalue weighted by Crippen LogP contribution is -2.43. The Morgan fingerprint density at radius 1 is 1.05 bits per heavy atom. The molecule has 1 amide bonds. The first-order valence-corrected chi connectivity index (χ1v) is 6.55. The second-order valence-corrected chi connectivity index (χ2v) is 4.98. The summed E-state index contributed by atoms with van der Waals surface area (Å²) < 4.78 is 10.7. The smallest absolute Gasteiger partial charge is 0.260 e. The molecule has 2 atom stereocenters. The summed E-state index contributed by atoms with van der Waals surface area (Å²) in [6.07, 6.45) is -0.519. The van der Waals surface area contributed by atoms with Crippen molar-refractivity contribution in [3.05, 3.63) is 24.3 Å². The molecule has 19 heavy (non-hydrogen) atoms. The summed E-state index contributed by atoms with van der Waals surface area (Å²) in [6.45, 7) is 7.87. The van der Waals surface area contributed by atoms with Crippen molar-refractivity contribution in [1.29, 1.82) is 0 Å². The molecule has 0 spiro atoms. The Bertz CT molecular complexity index is 400. The molecule has 0 fully saturated rings. The van der Waals surface area contributed by atoms with Crippen molar-refractivity contribution in [2.45, 2.75) is 39.8 Å². The van der Waals surface area contributed by atoms with Crippen molar-refractivity contribution < 1.29 is 14.3 Å². The fourth-order valence-electron chi connectivity index (χ4n) is 1.42. The monoisotopic (exact) mass is 265 g/mol. The van der Waals surface area contributed by atoms with Gasteiger partial charge < -0.3 is 14.8 Å². The SMILES string of the molecule is COc1ccc(O[C@@H](C)C(=O)N[C@@H](C)C(C)C)cc1. The van der Waals surface area contributed by atoms with Gasteiger partial charge >= 0.3 is 0 Å².